The second kappa shape index (κ2) is 8.04. The highest BCUT2D eigenvalue weighted by molar-refractivity contribution is 5.91. The van der Waals surface area contributed by atoms with E-state index < -0.39 is 65.5 Å². The number of benzene rings is 1. The minimum absolute atomic E-state index is 0.0101. The lowest BCUT2D eigenvalue weighted by Gasteiger charge is -2.18. The molecule has 5 rings (SSSR count). The number of pyridine rings is 1. The van der Waals surface area contributed by atoms with Gasteiger partial charge in [-0.3, -0.25) is 4.79 Å². The Balaban J connectivity index is 1.62. The largest absolute Gasteiger partial charge is 0.403 e. The van der Waals surface area contributed by atoms with E-state index in [4.69, 9.17) is 17.2 Å². The van der Waals surface area contributed by atoms with Gasteiger partial charge in [-0.1, -0.05) is 6.07 Å². The highest BCUT2D eigenvalue weighted by atomic mass is 19.4. The van der Waals surface area contributed by atoms with E-state index in [9.17, 15) is 31.1 Å². The first-order valence-corrected chi connectivity index (χ1v) is 10.6. The number of nitrogens with zero attached hydrogens (tertiary/aromatic N) is 5. The second-order valence-corrected chi connectivity index (χ2v) is 8.55. The first-order chi connectivity index (χ1) is 17.3. The molecule has 9 nitrogen and oxygen atoms in total. The van der Waals surface area contributed by atoms with E-state index in [0.29, 0.717) is 0 Å². The molecule has 1 amide bonds. The van der Waals surface area contributed by atoms with Crippen LogP contribution in [-0.4, -0.2) is 36.8 Å². The number of halogens is 6. The molecule has 4 aromatic rings. The molecule has 3 aromatic heterocycles. The van der Waals surface area contributed by atoms with E-state index in [1.54, 1.807) is 0 Å². The molecule has 0 bridgehead atoms. The third-order valence-corrected chi connectivity index (χ3v) is 6.39. The fourth-order valence-corrected chi connectivity index (χ4v) is 4.45. The van der Waals surface area contributed by atoms with Crippen molar-refractivity contribution in [2.75, 3.05) is 11.5 Å². The summed E-state index contributed by atoms with van der Waals surface area (Å²) in [5.74, 6) is -6.80. The highest BCUT2D eigenvalue weighted by Crippen LogP contribution is 2.68. The molecular formula is C22H16F6N8O. The summed E-state index contributed by atoms with van der Waals surface area (Å²) in [6.07, 6.45) is -4.77. The summed E-state index contributed by atoms with van der Waals surface area (Å²) in [7, 11) is 0. The summed E-state index contributed by atoms with van der Waals surface area (Å²) in [5, 5.41) is 4.24. The maximum atomic E-state index is 14.2. The quantitative estimate of drug-likeness (QED) is 0.341. The molecule has 0 radical (unpaired) electrons. The summed E-state index contributed by atoms with van der Waals surface area (Å²) < 4.78 is 84.4. The fraction of sp³-hybridized carbons (Fsp3) is 0.227. The van der Waals surface area contributed by atoms with Crippen LogP contribution in [0.2, 0.25) is 0 Å². The Morgan fingerprint density at radius 1 is 1.11 bits per heavy atom. The van der Waals surface area contributed by atoms with Crippen LogP contribution in [0.15, 0.2) is 30.5 Å². The summed E-state index contributed by atoms with van der Waals surface area (Å²) in [5.41, 5.74) is 13.3. The molecule has 1 aromatic carbocycles. The van der Waals surface area contributed by atoms with Gasteiger partial charge in [0.25, 0.3) is 0 Å². The third kappa shape index (κ3) is 3.68. The number of aromatic nitrogens is 5. The predicted octanol–water partition coefficient (Wildman–Crippen LogP) is 3.04. The SMILES string of the molecule is NC(=O)C1(C(F)(F)F)CC1c1c(N)nc(-c2nn(Cc3c(F)cccc3F)c3ncc(F)cc23)nc1N. The van der Waals surface area contributed by atoms with E-state index in [0.717, 1.165) is 29.1 Å². The number of carbonyl (C=O) groups is 1. The average molecular weight is 522 g/mol. The molecule has 0 aliphatic heterocycles. The molecule has 1 aliphatic rings. The monoisotopic (exact) mass is 522 g/mol. The van der Waals surface area contributed by atoms with Gasteiger partial charge in [0, 0.05) is 17.0 Å². The third-order valence-electron chi connectivity index (χ3n) is 6.39. The lowest BCUT2D eigenvalue weighted by atomic mass is 9.98. The maximum Gasteiger partial charge on any atom is 0.403 e. The number of fused-ring (bicyclic) bond motifs is 1. The number of nitrogens with two attached hydrogens (primary N) is 3. The van der Waals surface area contributed by atoms with Crippen LogP contribution >= 0.6 is 0 Å². The van der Waals surface area contributed by atoms with Gasteiger partial charge in [-0.05, 0) is 24.6 Å². The van der Waals surface area contributed by atoms with Crippen molar-refractivity contribution >= 4 is 28.6 Å². The molecule has 2 atom stereocenters. The van der Waals surface area contributed by atoms with Crippen LogP contribution in [0.1, 0.15) is 23.5 Å². The number of carbonyl (C=O) groups excluding carboxylic acids is 1. The Hall–Kier alpha value is -4.43. The zero-order valence-electron chi connectivity index (χ0n) is 18.5. The lowest BCUT2D eigenvalue weighted by molar-refractivity contribution is -0.191. The minimum atomic E-state index is -4.96. The Morgan fingerprint density at radius 3 is 2.27 bits per heavy atom. The van der Waals surface area contributed by atoms with Gasteiger partial charge in [-0.2, -0.15) is 18.3 Å². The standard InChI is InChI=1S/C22H16F6N8O/c23-8-4-9-15(35-36(19(9)32-6-8)7-10-12(24)2-1-3-13(10)25)18-33-16(29)14(17(30)34-18)11-5-21(11,20(31)37)22(26,27)28/h1-4,6,11H,5,7H2,(H2,31,37)(H4,29,30,33,34). The van der Waals surface area contributed by atoms with Gasteiger partial charge < -0.3 is 17.2 Å². The van der Waals surface area contributed by atoms with Crippen molar-refractivity contribution in [3.8, 4) is 11.5 Å². The molecule has 1 fully saturated rings. The van der Waals surface area contributed by atoms with E-state index in [-0.39, 0.29) is 33.7 Å². The zero-order chi connectivity index (χ0) is 26.9. The zero-order valence-corrected chi connectivity index (χ0v) is 18.5. The molecule has 0 saturated heterocycles. The molecule has 192 valence electrons. The molecular weight excluding hydrogens is 506 g/mol. The van der Waals surface area contributed by atoms with Gasteiger partial charge in [-0.25, -0.2) is 32.8 Å². The van der Waals surface area contributed by atoms with Gasteiger partial charge in [0.05, 0.1) is 18.1 Å². The minimum Gasteiger partial charge on any atom is -0.383 e. The number of rotatable bonds is 5. The van der Waals surface area contributed by atoms with Gasteiger partial charge >= 0.3 is 6.18 Å². The molecule has 1 saturated carbocycles. The average Bonchev–Trinajstić information content (AvgIpc) is 3.46. The Bertz CT molecular complexity index is 1540. The van der Waals surface area contributed by atoms with E-state index >= 15 is 0 Å². The van der Waals surface area contributed by atoms with Crippen LogP contribution in [0.4, 0.5) is 38.0 Å². The first kappa shape index (κ1) is 24.3. The smallest absolute Gasteiger partial charge is 0.383 e. The van der Waals surface area contributed by atoms with Crippen LogP contribution < -0.4 is 17.2 Å². The molecule has 6 N–H and O–H groups in total. The van der Waals surface area contributed by atoms with Crippen molar-refractivity contribution in [2.24, 2.45) is 11.1 Å². The number of primary amides is 1. The normalized spacial score (nSPS) is 19.4. The van der Waals surface area contributed by atoms with Crippen LogP contribution in [0, 0.1) is 22.9 Å². The number of anilines is 2. The van der Waals surface area contributed by atoms with Crippen molar-refractivity contribution in [1.82, 2.24) is 24.7 Å². The van der Waals surface area contributed by atoms with E-state index in [2.05, 4.69) is 20.1 Å². The number of hydrogen-bond donors (Lipinski definition) is 3. The van der Waals surface area contributed by atoms with Gasteiger partial charge in [-0.15, -0.1) is 0 Å². The topological polar surface area (TPSA) is 152 Å². The van der Waals surface area contributed by atoms with E-state index in [1.165, 1.54) is 6.07 Å². The Labute approximate surface area is 203 Å². The second-order valence-electron chi connectivity index (χ2n) is 8.55. The number of amides is 1. The molecule has 37 heavy (non-hydrogen) atoms. The Kier molecular flexibility index (Phi) is 5.28. The van der Waals surface area contributed by atoms with Crippen molar-refractivity contribution in [2.45, 2.75) is 25.1 Å². The highest BCUT2D eigenvalue weighted by Gasteiger charge is 2.76. The molecule has 15 heteroatoms. The maximum absolute atomic E-state index is 14.2. The summed E-state index contributed by atoms with van der Waals surface area (Å²) in [6, 6.07) is 4.30. The first-order valence-electron chi connectivity index (χ1n) is 10.6. The number of nitrogen functional groups attached to an aromatic ring is 2. The van der Waals surface area contributed by atoms with Crippen LogP contribution in [0.25, 0.3) is 22.6 Å². The summed E-state index contributed by atoms with van der Waals surface area (Å²) in [4.78, 5) is 23.6. The summed E-state index contributed by atoms with van der Waals surface area (Å²) >= 11 is 0. The van der Waals surface area contributed by atoms with Crippen molar-refractivity contribution in [1.29, 1.82) is 0 Å². The summed E-state index contributed by atoms with van der Waals surface area (Å²) in [6.45, 7) is -0.439. The molecule has 1 aliphatic carbocycles. The Morgan fingerprint density at radius 2 is 1.73 bits per heavy atom. The predicted molar refractivity (Wildman–Crippen MR) is 118 cm³/mol. The van der Waals surface area contributed by atoms with Crippen LogP contribution in [0.3, 0.4) is 0 Å². The van der Waals surface area contributed by atoms with Gasteiger partial charge in [0.2, 0.25) is 5.91 Å². The van der Waals surface area contributed by atoms with Crippen LogP contribution in [0.5, 0.6) is 0 Å². The van der Waals surface area contributed by atoms with Crippen molar-refractivity contribution < 1.29 is 31.1 Å². The number of alkyl halides is 3. The van der Waals surface area contributed by atoms with Crippen LogP contribution in [-0.2, 0) is 11.3 Å². The van der Waals surface area contributed by atoms with Gasteiger partial charge in [0.1, 0.15) is 34.8 Å². The van der Waals surface area contributed by atoms with Crippen molar-refractivity contribution in [3.05, 3.63) is 59.0 Å². The fourth-order valence-electron chi connectivity index (χ4n) is 4.45. The molecule has 2 unspecified atom stereocenters. The van der Waals surface area contributed by atoms with Gasteiger partial charge in [0.15, 0.2) is 16.9 Å². The lowest BCUT2D eigenvalue weighted by Crippen LogP contribution is -2.39. The van der Waals surface area contributed by atoms with E-state index in [1.807, 2.05) is 0 Å². The molecule has 3 heterocycles. The number of hydrogen-bond acceptors (Lipinski definition) is 7. The van der Waals surface area contributed by atoms with Crippen molar-refractivity contribution in [3.63, 3.8) is 0 Å². The molecule has 0 spiro atoms.